The Hall–Kier alpha value is -2.03. The van der Waals surface area contributed by atoms with Gasteiger partial charge in [0.25, 0.3) is 0 Å². The molecule has 3 nitrogen and oxygen atoms in total. The number of nitrogens with zero attached hydrogens (tertiary/aromatic N) is 1. The van der Waals surface area contributed by atoms with Gasteiger partial charge in [0.05, 0.1) is 0 Å². The van der Waals surface area contributed by atoms with Gasteiger partial charge >= 0.3 is 0 Å². The number of nitrogens with two attached hydrogens (primary N) is 1. The summed E-state index contributed by atoms with van der Waals surface area (Å²) < 4.78 is 0. The Kier molecular flexibility index (Phi) is 3.28. The lowest BCUT2D eigenvalue weighted by atomic mass is 10.1. The molecule has 0 amide bonds. The summed E-state index contributed by atoms with van der Waals surface area (Å²) in [6.07, 6.45) is 1.79. The number of anilines is 2. The molecule has 0 aliphatic carbocycles. The first-order valence-electron chi connectivity index (χ1n) is 5.70. The predicted octanol–water partition coefficient (Wildman–Crippen LogP) is 3.15. The Bertz CT molecular complexity index is 494. The summed E-state index contributed by atoms with van der Waals surface area (Å²) in [5, 5.41) is 3.34. The topological polar surface area (TPSA) is 50.9 Å². The summed E-state index contributed by atoms with van der Waals surface area (Å²) in [5.74, 6) is 0.810. The van der Waals surface area contributed by atoms with Gasteiger partial charge in [-0.05, 0) is 25.0 Å². The van der Waals surface area contributed by atoms with Crippen LogP contribution in [0.2, 0.25) is 0 Å². The number of rotatable bonds is 3. The number of benzene rings is 1. The molecule has 2 aromatic rings. The Morgan fingerprint density at radius 2 is 1.94 bits per heavy atom. The molecule has 0 bridgehead atoms. The number of hydrogen-bond donors (Lipinski definition) is 2. The molecule has 0 fully saturated rings. The molecule has 1 atom stereocenters. The van der Waals surface area contributed by atoms with Gasteiger partial charge in [0, 0.05) is 24.0 Å². The van der Waals surface area contributed by atoms with Gasteiger partial charge in [-0.2, -0.15) is 0 Å². The number of aryl methyl sites for hydroxylation is 1. The van der Waals surface area contributed by atoms with E-state index in [9.17, 15) is 0 Å². The molecule has 0 spiro atoms. The lowest BCUT2D eigenvalue weighted by molar-refractivity contribution is 0.874. The van der Waals surface area contributed by atoms with Gasteiger partial charge in [0.15, 0.2) is 0 Å². The maximum absolute atomic E-state index is 5.86. The van der Waals surface area contributed by atoms with Crippen molar-refractivity contribution in [1.29, 1.82) is 0 Å². The molecule has 0 aliphatic rings. The van der Waals surface area contributed by atoms with Gasteiger partial charge in [0.2, 0.25) is 0 Å². The fraction of sp³-hybridized carbons (Fsp3) is 0.214. The second kappa shape index (κ2) is 4.87. The normalized spacial score (nSPS) is 12.1. The Balaban J connectivity index is 2.13. The summed E-state index contributed by atoms with van der Waals surface area (Å²) in [5.41, 5.74) is 8.85. The van der Waals surface area contributed by atoms with E-state index in [-0.39, 0.29) is 6.04 Å². The van der Waals surface area contributed by atoms with Crippen LogP contribution >= 0.6 is 0 Å². The smallest absolute Gasteiger partial charge is 0.128 e. The highest BCUT2D eigenvalue weighted by Crippen LogP contribution is 2.20. The fourth-order valence-electron chi connectivity index (χ4n) is 1.67. The average molecular weight is 227 g/mol. The molecule has 3 N–H and O–H groups in total. The molecular weight excluding hydrogens is 210 g/mol. The second-order valence-electron chi connectivity index (χ2n) is 4.20. The Morgan fingerprint density at radius 3 is 2.59 bits per heavy atom. The van der Waals surface area contributed by atoms with E-state index in [1.165, 1.54) is 5.56 Å². The van der Waals surface area contributed by atoms with Gasteiger partial charge in [0.1, 0.15) is 5.82 Å². The third kappa shape index (κ3) is 2.75. The van der Waals surface area contributed by atoms with Crippen LogP contribution in [-0.2, 0) is 0 Å². The predicted molar refractivity (Wildman–Crippen MR) is 71.9 cm³/mol. The number of pyridine rings is 1. The fourth-order valence-corrected chi connectivity index (χ4v) is 1.67. The van der Waals surface area contributed by atoms with Crippen LogP contribution in [0.3, 0.4) is 0 Å². The third-order valence-electron chi connectivity index (χ3n) is 2.81. The van der Waals surface area contributed by atoms with Crippen LogP contribution in [0, 0.1) is 6.92 Å². The number of aromatic nitrogens is 1. The largest absolute Gasteiger partial charge is 0.398 e. The minimum atomic E-state index is 0.214. The quantitative estimate of drug-likeness (QED) is 0.847. The molecule has 0 saturated carbocycles. The van der Waals surface area contributed by atoms with Crippen LogP contribution in [0.15, 0.2) is 42.6 Å². The van der Waals surface area contributed by atoms with Crippen molar-refractivity contribution in [3.8, 4) is 0 Å². The van der Waals surface area contributed by atoms with Crippen LogP contribution in [0.5, 0.6) is 0 Å². The van der Waals surface area contributed by atoms with Gasteiger partial charge in [-0.25, -0.2) is 4.98 Å². The highest BCUT2D eigenvalue weighted by Gasteiger charge is 2.05. The highest BCUT2D eigenvalue weighted by atomic mass is 15.0. The molecular formula is C14H17N3. The summed E-state index contributed by atoms with van der Waals surface area (Å²) in [4.78, 5) is 4.31. The maximum Gasteiger partial charge on any atom is 0.128 e. The Morgan fingerprint density at radius 1 is 1.24 bits per heavy atom. The van der Waals surface area contributed by atoms with E-state index in [0.29, 0.717) is 0 Å². The monoisotopic (exact) mass is 227 g/mol. The first-order valence-corrected chi connectivity index (χ1v) is 5.70. The van der Waals surface area contributed by atoms with E-state index in [0.717, 1.165) is 17.1 Å². The van der Waals surface area contributed by atoms with Crippen molar-refractivity contribution in [1.82, 2.24) is 4.98 Å². The lowest BCUT2D eigenvalue weighted by Crippen LogP contribution is -2.08. The highest BCUT2D eigenvalue weighted by molar-refractivity contribution is 5.54. The summed E-state index contributed by atoms with van der Waals surface area (Å²) in [7, 11) is 0. The van der Waals surface area contributed by atoms with Crippen molar-refractivity contribution >= 4 is 11.5 Å². The van der Waals surface area contributed by atoms with Crippen LogP contribution in [0.4, 0.5) is 11.5 Å². The van der Waals surface area contributed by atoms with E-state index >= 15 is 0 Å². The summed E-state index contributed by atoms with van der Waals surface area (Å²) in [6, 6.07) is 12.3. The molecule has 0 radical (unpaired) electrons. The van der Waals surface area contributed by atoms with E-state index in [1.807, 2.05) is 31.2 Å². The third-order valence-corrected chi connectivity index (χ3v) is 2.81. The van der Waals surface area contributed by atoms with Crippen molar-refractivity contribution < 1.29 is 0 Å². The molecule has 1 aromatic heterocycles. The molecule has 1 unspecified atom stereocenters. The Labute approximate surface area is 102 Å². The molecule has 3 heteroatoms. The van der Waals surface area contributed by atoms with Gasteiger partial charge in [-0.15, -0.1) is 0 Å². The van der Waals surface area contributed by atoms with Crippen LogP contribution in [-0.4, -0.2) is 4.98 Å². The molecule has 0 aliphatic heterocycles. The average Bonchev–Trinajstić information content (AvgIpc) is 2.35. The minimum absolute atomic E-state index is 0.214. The van der Waals surface area contributed by atoms with Crippen molar-refractivity contribution in [2.24, 2.45) is 0 Å². The van der Waals surface area contributed by atoms with Crippen molar-refractivity contribution in [3.63, 3.8) is 0 Å². The zero-order chi connectivity index (χ0) is 12.3. The van der Waals surface area contributed by atoms with E-state index in [2.05, 4.69) is 29.4 Å². The van der Waals surface area contributed by atoms with E-state index in [4.69, 9.17) is 5.73 Å². The molecule has 2 rings (SSSR count). The minimum Gasteiger partial charge on any atom is -0.398 e. The van der Waals surface area contributed by atoms with Crippen molar-refractivity contribution in [2.45, 2.75) is 19.9 Å². The van der Waals surface area contributed by atoms with Gasteiger partial charge in [-0.3, -0.25) is 0 Å². The SMILES string of the molecule is Cc1cnc(NC(C)c2ccccc2)cc1N. The molecule has 1 heterocycles. The maximum atomic E-state index is 5.86. The standard InChI is InChI=1S/C14H17N3/c1-10-9-16-14(8-13(10)15)17-11(2)12-6-4-3-5-7-12/h3-9,11H,1-2H3,(H3,15,16,17). The first kappa shape index (κ1) is 11.5. The van der Waals surface area contributed by atoms with Crippen LogP contribution in [0.1, 0.15) is 24.1 Å². The van der Waals surface area contributed by atoms with Crippen molar-refractivity contribution in [2.75, 3.05) is 11.1 Å². The zero-order valence-electron chi connectivity index (χ0n) is 10.1. The van der Waals surface area contributed by atoms with E-state index < -0.39 is 0 Å². The molecule has 0 saturated heterocycles. The molecule has 88 valence electrons. The molecule has 1 aromatic carbocycles. The number of nitrogens with one attached hydrogen (secondary N) is 1. The molecule has 17 heavy (non-hydrogen) atoms. The van der Waals surface area contributed by atoms with Gasteiger partial charge in [-0.1, -0.05) is 30.3 Å². The van der Waals surface area contributed by atoms with Crippen LogP contribution < -0.4 is 11.1 Å². The van der Waals surface area contributed by atoms with Crippen molar-refractivity contribution in [3.05, 3.63) is 53.7 Å². The second-order valence-corrected chi connectivity index (χ2v) is 4.20. The zero-order valence-corrected chi connectivity index (χ0v) is 10.1. The summed E-state index contributed by atoms with van der Waals surface area (Å²) >= 11 is 0. The van der Waals surface area contributed by atoms with Crippen LogP contribution in [0.25, 0.3) is 0 Å². The first-order chi connectivity index (χ1) is 8.16. The van der Waals surface area contributed by atoms with E-state index in [1.54, 1.807) is 6.20 Å². The number of nitrogen functional groups attached to an aromatic ring is 1. The number of hydrogen-bond acceptors (Lipinski definition) is 3. The lowest BCUT2D eigenvalue weighted by Gasteiger charge is -2.15. The van der Waals surface area contributed by atoms with Gasteiger partial charge < -0.3 is 11.1 Å². The summed E-state index contributed by atoms with van der Waals surface area (Å²) in [6.45, 7) is 4.06.